The highest BCUT2D eigenvalue weighted by atomic mass is 32.1. The fourth-order valence-electron chi connectivity index (χ4n) is 4.62. The first-order chi connectivity index (χ1) is 19.4. The van der Waals surface area contributed by atoms with Crippen molar-refractivity contribution in [3.8, 4) is 17.1 Å². The number of ether oxygens (including phenoxy) is 2. The van der Waals surface area contributed by atoms with Crippen LogP contribution in [0.3, 0.4) is 0 Å². The predicted molar refractivity (Wildman–Crippen MR) is 152 cm³/mol. The van der Waals surface area contributed by atoms with Crippen LogP contribution in [-0.4, -0.2) is 41.8 Å². The molecular weight excluding hydrogens is 534 g/mol. The molecule has 3 heterocycles. The molecule has 5 rings (SSSR count). The molecule has 1 saturated heterocycles. The highest BCUT2D eigenvalue weighted by Gasteiger charge is 2.43. The van der Waals surface area contributed by atoms with Gasteiger partial charge in [0, 0.05) is 36.7 Å². The number of carbonyl (C=O) groups excluding carboxylic acids is 1. The number of nitro benzene ring substituents is 1. The lowest BCUT2D eigenvalue weighted by molar-refractivity contribution is -0.384. The van der Waals surface area contributed by atoms with Crippen LogP contribution in [0.5, 0.6) is 5.75 Å². The first-order valence-electron chi connectivity index (χ1n) is 12.2. The molecule has 2 N–H and O–H groups in total. The van der Waals surface area contributed by atoms with Gasteiger partial charge in [-0.15, -0.1) is 0 Å². The summed E-state index contributed by atoms with van der Waals surface area (Å²) >= 11 is 5.79. The minimum absolute atomic E-state index is 0.0339. The summed E-state index contributed by atoms with van der Waals surface area (Å²) in [6.07, 6.45) is 1.70. The molecule has 12 heteroatoms. The Kier molecular flexibility index (Phi) is 7.71. The molecule has 1 aliphatic rings. The van der Waals surface area contributed by atoms with Crippen LogP contribution in [0.15, 0.2) is 83.4 Å². The average Bonchev–Trinajstić information content (AvgIpc) is 3.58. The Morgan fingerprint density at radius 1 is 1.15 bits per heavy atom. The van der Waals surface area contributed by atoms with E-state index in [4.69, 9.17) is 26.1 Å². The Labute approximate surface area is 234 Å². The zero-order chi connectivity index (χ0) is 28.2. The summed E-state index contributed by atoms with van der Waals surface area (Å²) in [5.74, 6) is 1.16. The van der Waals surface area contributed by atoms with Gasteiger partial charge in [-0.05, 0) is 54.7 Å². The topological polar surface area (TPSA) is 132 Å². The number of carbonyl (C=O) groups is 1. The van der Waals surface area contributed by atoms with Gasteiger partial charge in [-0.1, -0.05) is 18.2 Å². The summed E-state index contributed by atoms with van der Waals surface area (Å²) in [6.45, 7) is -0.117. The third-order valence-electron chi connectivity index (χ3n) is 6.37. The summed E-state index contributed by atoms with van der Waals surface area (Å²) in [6, 6.07) is 19.9. The van der Waals surface area contributed by atoms with Crippen molar-refractivity contribution in [1.29, 1.82) is 0 Å². The second-order valence-corrected chi connectivity index (χ2v) is 9.26. The number of pyridine rings is 1. The van der Waals surface area contributed by atoms with Gasteiger partial charge in [0.1, 0.15) is 29.9 Å². The van der Waals surface area contributed by atoms with Crippen LogP contribution in [0.2, 0.25) is 0 Å². The largest absolute Gasteiger partial charge is 0.495 e. The van der Waals surface area contributed by atoms with E-state index in [9.17, 15) is 14.9 Å². The Morgan fingerprint density at radius 3 is 2.73 bits per heavy atom. The molecule has 2 aromatic heterocycles. The molecule has 2 aromatic carbocycles. The molecule has 0 bridgehead atoms. The molecule has 0 radical (unpaired) electrons. The summed E-state index contributed by atoms with van der Waals surface area (Å²) in [4.78, 5) is 29.6. The van der Waals surface area contributed by atoms with Crippen molar-refractivity contribution < 1.29 is 23.6 Å². The molecule has 4 aromatic rings. The van der Waals surface area contributed by atoms with Gasteiger partial charge in [0.25, 0.3) is 5.69 Å². The highest BCUT2D eigenvalue weighted by molar-refractivity contribution is 7.80. The number of nitrogens with one attached hydrogen (secondary N) is 2. The van der Waals surface area contributed by atoms with Crippen molar-refractivity contribution >= 4 is 40.3 Å². The fraction of sp³-hybridized carbons (Fsp3) is 0.179. The maximum absolute atomic E-state index is 12.3. The molecule has 1 aliphatic heterocycles. The van der Waals surface area contributed by atoms with E-state index in [0.29, 0.717) is 39.3 Å². The Hall–Kier alpha value is -4.81. The molecule has 0 saturated carbocycles. The SMILES string of the molecule is COCC(=O)Nc1cc(N2C(=S)N[C@H](c3ccccn3)[C@H]2c2ccc(-c3cccc([N+](=O)[O-])c3)o2)ccc1OC. The molecule has 204 valence electrons. The number of aromatic nitrogens is 1. The van der Waals surface area contributed by atoms with E-state index < -0.39 is 11.0 Å². The minimum Gasteiger partial charge on any atom is -0.495 e. The lowest BCUT2D eigenvalue weighted by Gasteiger charge is -2.27. The van der Waals surface area contributed by atoms with Crippen molar-refractivity contribution in [1.82, 2.24) is 10.3 Å². The molecular formula is C28H25N5O6S. The molecule has 1 fully saturated rings. The van der Waals surface area contributed by atoms with Crippen LogP contribution in [0.1, 0.15) is 23.5 Å². The van der Waals surface area contributed by atoms with Crippen LogP contribution in [0, 0.1) is 10.1 Å². The van der Waals surface area contributed by atoms with Crippen molar-refractivity contribution in [3.05, 3.63) is 101 Å². The van der Waals surface area contributed by atoms with Crippen LogP contribution in [-0.2, 0) is 9.53 Å². The number of non-ortho nitro benzene ring substituents is 1. The molecule has 2 atom stereocenters. The molecule has 11 nitrogen and oxygen atoms in total. The summed E-state index contributed by atoms with van der Waals surface area (Å²) in [5, 5.41) is 17.9. The van der Waals surface area contributed by atoms with Gasteiger partial charge >= 0.3 is 0 Å². The standard InChI is InChI=1S/C28H25N5O6S/c1-37-16-25(34)30-21-15-18(9-10-23(21)38-2)32-27(26(31-28(32)40)20-8-3-4-13-29-20)24-12-11-22(39-24)17-6-5-7-19(14-17)33(35)36/h3-15,26-27H,16H2,1-2H3,(H,30,34)(H,31,40)/t26-,27-/m1/s1. The van der Waals surface area contributed by atoms with Crippen molar-refractivity contribution in [3.63, 3.8) is 0 Å². The smallest absolute Gasteiger partial charge is 0.270 e. The second-order valence-electron chi connectivity index (χ2n) is 8.87. The first-order valence-corrected chi connectivity index (χ1v) is 12.6. The van der Waals surface area contributed by atoms with Gasteiger partial charge in [0.15, 0.2) is 5.11 Å². The number of nitrogens with zero attached hydrogens (tertiary/aromatic N) is 3. The number of furan rings is 1. The molecule has 0 spiro atoms. The Balaban J connectivity index is 1.58. The average molecular weight is 560 g/mol. The first kappa shape index (κ1) is 26.8. The van der Waals surface area contributed by atoms with E-state index >= 15 is 0 Å². The van der Waals surface area contributed by atoms with E-state index in [1.54, 1.807) is 36.5 Å². The van der Waals surface area contributed by atoms with Crippen molar-refractivity contribution in [2.24, 2.45) is 0 Å². The minimum atomic E-state index is -0.481. The van der Waals surface area contributed by atoms with Crippen LogP contribution in [0.25, 0.3) is 11.3 Å². The van der Waals surface area contributed by atoms with Crippen molar-refractivity contribution in [2.45, 2.75) is 12.1 Å². The number of benzene rings is 2. The Morgan fingerprint density at radius 2 is 2.00 bits per heavy atom. The molecule has 0 unspecified atom stereocenters. The van der Waals surface area contributed by atoms with Gasteiger partial charge in [-0.25, -0.2) is 0 Å². The van der Waals surface area contributed by atoms with E-state index in [2.05, 4.69) is 15.6 Å². The van der Waals surface area contributed by atoms with E-state index in [1.807, 2.05) is 35.2 Å². The second kappa shape index (κ2) is 11.5. The van der Waals surface area contributed by atoms with Crippen LogP contribution < -0.4 is 20.3 Å². The zero-order valence-electron chi connectivity index (χ0n) is 21.6. The van der Waals surface area contributed by atoms with Gasteiger partial charge in [0.2, 0.25) is 5.91 Å². The normalized spacial score (nSPS) is 16.4. The maximum atomic E-state index is 12.3. The lowest BCUT2D eigenvalue weighted by atomic mass is 10.0. The zero-order valence-corrected chi connectivity index (χ0v) is 22.4. The highest BCUT2D eigenvalue weighted by Crippen LogP contribution is 2.44. The molecule has 1 amide bonds. The number of methoxy groups -OCH3 is 2. The fourth-order valence-corrected chi connectivity index (χ4v) is 4.97. The summed E-state index contributed by atoms with van der Waals surface area (Å²) in [7, 11) is 2.95. The van der Waals surface area contributed by atoms with Crippen LogP contribution in [0.4, 0.5) is 17.1 Å². The van der Waals surface area contributed by atoms with Gasteiger partial charge in [-0.2, -0.15) is 0 Å². The maximum Gasteiger partial charge on any atom is 0.270 e. The number of hydrogen-bond acceptors (Lipinski definition) is 8. The van der Waals surface area contributed by atoms with Gasteiger partial charge in [0.05, 0.1) is 29.5 Å². The lowest BCUT2D eigenvalue weighted by Crippen LogP contribution is -2.29. The monoisotopic (exact) mass is 559 g/mol. The van der Waals surface area contributed by atoms with Crippen LogP contribution >= 0.6 is 12.2 Å². The predicted octanol–water partition coefficient (Wildman–Crippen LogP) is 5.02. The van der Waals surface area contributed by atoms with Gasteiger partial charge < -0.3 is 29.4 Å². The number of thiocarbonyl (C=S) groups is 1. The molecule has 40 heavy (non-hydrogen) atoms. The summed E-state index contributed by atoms with van der Waals surface area (Å²) < 4.78 is 16.7. The number of nitro groups is 1. The molecule has 0 aliphatic carbocycles. The summed E-state index contributed by atoms with van der Waals surface area (Å²) in [5.41, 5.74) is 2.40. The van der Waals surface area contributed by atoms with Gasteiger partial charge in [-0.3, -0.25) is 19.9 Å². The third kappa shape index (κ3) is 5.35. The number of hydrogen-bond donors (Lipinski definition) is 2. The Bertz CT molecular complexity index is 1560. The number of amides is 1. The quantitative estimate of drug-likeness (QED) is 0.164. The number of anilines is 2. The number of rotatable bonds is 9. The van der Waals surface area contributed by atoms with Crippen molar-refractivity contribution in [2.75, 3.05) is 31.0 Å². The van der Waals surface area contributed by atoms with E-state index in [-0.39, 0.29) is 24.2 Å². The van der Waals surface area contributed by atoms with E-state index in [1.165, 1.54) is 26.4 Å². The van der Waals surface area contributed by atoms with E-state index in [0.717, 1.165) is 5.69 Å². The third-order valence-corrected chi connectivity index (χ3v) is 6.68.